The van der Waals surface area contributed by atoms with Crippen LogP contribution in [-0.4, -0.2) is 120 Å². The molecule has 3 rings (SSSR count). The molecule has 0 spiro atoms. The third-order valence-corrected chi connectivity index (χ3v) is 7.39. The van der Waals surface area contributed by atoms with Crippen molar-refractivity contribution in [2.75, 3.05) is 13.2 Å². The van der Waals surface area contributed by atoms with Crippen LogP contribution in [0.4, 0.5) is 11.4 Å². The Morgan fingerprint density at radius 1 is 0.809 bits per heavy atom. The average Bonchev–Trinajstić information content (AvgIpc) is 2.93. The van der Waals surface area contributed by atoms with Gasteiger partial charge in [-0.1, -0.05) is 60.6 Å². The van der Waals surface area contributed by atoms with Crippen LogP contribution in [0.25, 0.3) is 0 Å². The number of hydrogen-bond acceptors (Lipinski definition) is 14. The normalized spacial score (nSPS) is 31.0. The Balaban J connectivity index is 0.000000963. The van der Waals surface area contributed by atoms with E-state index in [9.17, 15) is 56.0 Å². The first-order valence-electron chi connectivity index (χ1n) is 14.6. The van der Waals surface area contributed by atoms with Gasteiger partial charge >= 0.3 is 0 Å². The zero-order valence-electron chi connectivity index (χ0n) is 26.9. The Hall–Kier alpha value is -1.28. The summed E-state index contributed by atoms with van der Waals surface area (Å²) in [7, 11) is 0. The Kier molecular flexibility index (Phi) is 18.7. The molecule has 2 saturated heterocycles. The molecule has 2 aliphatic heterocycles. The van der Waals surface area contributed by atoms with Crippen molar-refractivity contribution in [2.24, 2.45) is 10.8 Å². The Labute approximate surface area is 300 Å². The summed E-state index contributed by atoms with van der Waals surface area (Å²) in [5.74, 6) is 0. The van der Waals surface area contributed by atoms with Crippen LogP contribution in [0.3, 0.4) is 0 Å². The van der Waals surface area contributed by atoms with Crippen molar-refractivity contribution in [1.82, 2.24) is 0 Å². The van der Waals surface area contributed by atoms with Gasteiger partial charge in [-0.05, 0) is 36.2 Å². The van der Waals surface area contributed by atoms with Gasteiger partial charge < -0.3 is 50.0 Å². The van der Waals surface area contributed by atoms with E-state index >= 15 is 0 Å². The van der Waals surface area contributed by atoms with Gasteiger partial charge in [-0.2, -0.15) is 6.07 Å². The van der Waals surface area contributed by atoms with Gasteiger partial charge in [0.05, 0.1) is 19.3 Å². The summed E-state index contributed by atoms with van der Waals surface area (Å²) in [5.41, 5.74) is -0.324. The van der Waals surface area contributed by atoms with Crippen LogP contribution < -0.4 is 0 Å². The summed E-state index contributed by atoms with van der Waals surface area (Å²) in [4.78, 5) is 20.1. The largest absolute Gasteiger partial charge is 0.394 e. The number of benzene rings is 1. The van der Waals surface area contributed by atoms with Gasteiger partial charge in [0.15, 0.2) is 17.7 Å². The van der Waals surface area contributed by atoms with Gasteiger partial charge in [0.2, 0.25) is 0 Å². The number of non-ortho nitro benzene ring substituents is 1. The van der Waals surface area contributed by atoms with Crippen molar-refractivity contribution in [1.29, 1.82) is 0 Å². The molecular weight excluding hydrogens is 701 g/mol. The van der Waals surface area contributed by atoms with Gasteiger partial charge in [0, 0.05) is 42.6 Å². The molecule has 1 aromatic carbocycles. The van der Waals surface area contributed by atoms with E-state index in [-0.39, 0.29) is 62.3 Å². The van der Waals surface area contributed by atoms with Crippen LogP contribution in [0.1, 0.15) is 67.4 Å². The van der Waals surface area contributed by atoms with E-state index in [1.54, 1.807) is 0 Å². The maximum atomic E-state index is 10.8. The minimum Gasteiger partial charge on any atom is -0.394 e. The van der Waals surface area contributed by atoms with Crippen molar-refractivity contribution in [2.45, 2.75) is 129 Å². The maximum absolute atomic E-state index is 10.8. The topological polar surface area (TPSA) is 256 Å². The zero-order chi connectivity index (χ0) is 34.4. The van der Waals surface area contributed by atoms with E-state index in [1.807, 2.05) is 41.5 Å². The predicted molar refractivity (Wildman–Crippen MR) is 164 cm³/mol. The van der Waals surface area contributed by atoms with Crippen LogP contribution >= 0.6 is 0 Å². The smallest absolute Gasteiger partial charge is 0.187 e. The number of rotatable bonds is 9. The molecule has 269 valence electrons. The van der Waals surface area contributed by atoms with Crippen LogP contribution in [0.15, 0.2) is 12.1 Å². The molecule has 4 unspecified atom stereocenters. The third-order valence-electron chi connectivity index (χ3n) is 7.39. The quantitative estimate of drug-likeness (QED) is 0.106. The monoisotopic (exact) mass is 752 g/mol. The number of aliphatic hydroxyl groups excluding tert-OH is 7. The number of ether oxygens (including phenoxy) is 3. The summed E-state index contributed by atoms with van der Waals surface area (Å²) < 4.78 is 16.5. The molecule has 1 aromatic rings. The fourth-order valence-electron chi connectivity index (χ4n) is 4.92. The Bertz CT molecular complexity index is 1130. The minimum atomic E-state index is -1.67. The molecule has 2 heterocycles. The zero-order valence-corrected chi connectivity index (χ0v) is 29.8. The molecule has 0 aliphatic carbocycles. The van der Waals surface area contributed by atoms with Crippen LogP contribution in [0.5, 0.6) is 0 Å². The molecule has 16 nitrogen and oxygen atoms in total. The predicted octanol–water partition coefficient (Wildman–Crippen LogP) is 1.00. The fraction of sp³-hybridized carbons (Fsp3) is 0.800. The molecule has 2 aliphatic rings. The summed E-state index contributed by atoms with van der Waals surface area (Å²) in [6, 6.07) is 4.80. The molecule has 10 atom stereocenters. The first-order chi connectivity index (χ1) is 20.7. The standard InChI is InChI=1S/C18H34O10.C11H13N2O4.CH4.Y/c1-18(2,3)5-4-8-12(22)16(13(23)10(7-20)26-8)28-17-15(25)14(24)11(21)9(6-19)27-17;1-11(2,3)7-8-4-5-9(12(14)15)6-10(8)13(16)17;;/h8-17,19-25H,4-7H2,1-3H3;5-6H,7H2,1-3H3;1H4;/q;-1;;/t8-,9?,10?,11-,12+,13-,14?,15-,16?,17-;;;/m0.../s1. The second kappa shape index (κ2) is 19.2. The summed E-state index contributed by atoms with van der Waals surface area (Å²) in [6.07, 6.45) is -11.7. The van der Waals surface area contributed by atoms with Gasteiger partial charge in [-0.25, -0.2) is 0 Å². The summed E-state index contributed by atoms with van der Waals surface area (Å²) >= 11 is 0. The van der Waals surface area contributed by atoms with Gasteiger partial charge in [-0.3, -0.25) is 20.2 Å². The minimum absolute atomic E-state index is 0. The summed E-state index contributed by atoms with van der Waals surface area (Å²) in [5, 5.41) is 91.2. The van der Waals surface area contributed by atoms with Crippen molar-refractivity contribution in [3.8, 4) is 0 Å². The van der Waals surface area contributed by atoms with Crippen molar-refractivity contribution in [3.63, 3.8) is 0 Å². The van der Waals surface area contributed by atoms with E-state index in [0.717, 1.165) is 6.07 Å². The number of hydrogen-bond donors (Lipinski definition) is 7. The van der Waals surface area contributed by atoms with E-state index in [2.05, 4.69) is 6.07 Å². The fourth-order valence-corrected chi connectivity index (χ4v) is 4.92. The van der Waals surface area contributed by atoms with Crippen LogP contribution in [0, 0.1) is 37.1 Å². The number of nitrogens with zero attached hydrogens (tertiary/aromatic N) is 2. The maximum Gasteiger partial charge on any atom is 0.187 e. The molecule has 0 saturated carbocycles. The molecule has 47 heavy (non-hydrogen) atoms. The van der Waals surface area contributed by atoms with Crippen molar-refractivity contribution in [3.05, 3.63) is 44.0 Å². The molecule has 0 aromatic heterocycles. The molecule has 7 N–H and O–H groups in total. The van der Waals surface area contributed by atoms with E-state index in [4.69, 9.17) is 14.2 Å². The second-order valence-electron chi connectivity index (χ2n) is 13.7. The summed E-state index contributed by atoms with van der Waals surface area (Å²) in [6.45, 7) is 10.8. The molecular formula is C30H51N2O14Y-. The molecule has 0 amide bonds. The second-order valence-corrected chi connectivity index (χ2v) is 13.7. The van der Waals surface area contributed by atoms with E-state index in [0.29, 0.717) is 24.8 Å². The number of nitro groups is 2. The van der Waals surface area contributed by atoms with Gasteiger partial charge in [0.1, 0.15) is 48.8 Å². The molecule has 0 bridgehead atoms. The molecule has 17 heteroatoms. The van der Waals surface area contributed by atoms with Crippen molar-refractivity contribution >= 4 is 11.4 Å². The average molecular weight is 753 g/mol. The number of nitro benzene ring substituents is 2. The van der Waals surface area contributed by atoms with Crippen LogP contribution in [-0.2, 0) is 53.3 Å². The third kappa shape index (κ3) is 13.2. The SMILES string of the molecule is C.CC(C)(C)CC[C@@H]1OC(CO)[C@H](O)C(O[C@@H]2OC(CO)[C@H](O)C(O)[C@@H]2O)[C@@H]1O.CC(C)(C)Cc1[c-]cc([N+](=O)[O-])cc1[N+](=O)[O-].[Y]. The Morgan fingerprint density at radius 3 is 1.81 bits per heavy atom. The Morgan fingerprint density at radius 2 is 1.34 bits per heavy atom. The van der Waals surface area contributed by atoms with E-state index in [1.165, 1.54) is 6.07 Å². The van der Waals surface area contributed by atoms with Gasteiger partial charge in [0.25, 0.3) is 0 Å². The van der Waals surface area contributed by atoms with Crippen molar-refractivity contribution < 1.29 is 92.5 Å². The van der Waals surface area contributed by atoms with Gasteiger partial charge in [-0.15, -0.1) is 0 Å². The molecule has 2 fully saturated rings. The molecule has 1 radical (unpaired) electrons. The first kappa shape index (κ1) is 45.7. The first-order valence-corrected chi connectivity index (χ1v) is 14.6. The number of aliphatic hydroxyl groups is 7. The van der Waals surface area contributed by atoms with E-state index < -0.39 is 84.3 Å². The van der Waals surface area contributed by atoms with Crippen LogP contribution in [0.2, 0.25) is 0 Å².